The summed E-state index contributed by atoms with van der Waals surface area (Å²) in [5.41, 5.74) is 3.44. The molecule has 0 aromatic heterocycles. The van der Waals surface area contributed by atoms with Crippen molar-refractivity contribution in [3.8, 4) is 0 Å². The number of hydrogen-bond acceptors (Lipinski definition) is 1. The van der Waals surface area contributed by atoms with Gasteiger partial charge in [-0.25, -0.2) is 0 Å². The molecule has 1 aliphatic carbocycles. The molecule has 0 amide bonds. The molecule has 22 heavy (non-hydrogen) atoms. The second-order valence-corrected chi connectivity index (χ2v) is 7.16. The summed E-state index contributed by atoms with van der Waals surface area (Å²) in [5, 5.41) is 5.79. The molecule has 4 rings (SSSR count). The molecule has 0 radical (unpaired) electrons. The maximum Gasteiger partial charge on any atom is 0.0553 e. The van der Waals surface area contributed by atoms with Crippen molar-refractivity contribution in [3.63, 3.8) is 0 Å². The third-order valence-electron chi connectivity index (χ3n) is 4.61. The van der Waals surface area contributed by atoms with Crippen molar-refractivity contribution < 1.29 is 0 Å². The average molecular weight is 351 g/mol. The molecule has 4 heteroatoms. The van der Waals surface area contributed by atoms with Gasteiger partial charge in [0.25, 0.3) is 0 Å². The fourth-order valence-electron chi connectivity index (χ4n) is 3.64. The van der Waals surface area contributed by atoms with Crippen molar-refractivity contribution in [1.82, 2.24) is 0 Å². The van der Waals surface area contributed by atoms with E-state index in [-0.39, 0.29) is 6.04 Å². The quantitative estimate of drug-likeness (QED) is 0.581. The summed E-state index contributed by atoms with van der Waals surface area (Å²) in [4.78, 5) is 0. The lowest BCUT2D eigenvalue weighted by Gasteiger charge is -2.38. The lowest BCUT2D eigenvalue weighted by Crippen LogP contribution is -2.29. The Morgan fingerprint density at radius 2 is 1.73 bits per heavy atom. The van der Waals surface area contributed by atoms with Gasteiger partial charge in [-0.15, -0.1) is 0 Å². The van der Waals surface area contributed by atoms with Crippen LogP contribution < -0.4 is 5.32 Å². The van der Waals surface area contributed by atoms with Gasteiger partial charge in [-0.1, -0.05) is 59.1 Å². The van der Waals surface area contributed by atoms with Crippen LogP contribution in [0, 0.1) is 5.92 Å². The Bertz CT molecular complexity index is 752. The number of nitrogens with one attached hydrogen (secondary N) is 1. The van der Waals surface area contributed by atoms with Crippen LogP contribution in [-0.2, 0) is 0 Å². The van der Waals surface area contributed by atoms with Crippen molar-refractivity contribution in [1.29, 1.82) is 0 Å². The van der Waals surface area contributed by atoms with Crippen molar-refractivity contribution in [3.05, 3.63) is 74.7 Å². The number of rotatable bonds is 1. The predicted molar refractivity (Wildman–Crippen MR) is 94.3 cm³/mol. The second-order valence-electron chi connectivity index (χ2n) is 5.88. The Kier molecular flexibility index (Phi) is 3.60. The molecule has 1 N–H and O–H groups in total. The van der Waals surface area contributed by atoms with Gasteiger partial charge in [0.05, 0.1) is 6.04 Å². The van der Waals surface area contributed by atoms with E-state index < -0.39 is 0 Å². The zero-order valence-electron chi connectivity index (χ0n) is 11.7. The van der Waals surface area contributed by atoms with E-state index in [9.17, 15) is 0 Å². The Hall–Kier alpha value is -1.15. The molecule has 2 aliphatic rings. The molecule has 0 bridgehead atoms. The normalized spacial score (nSPS) is 25.5. The Morgan fingerprint density at radius 3 is 2.50 bits per heavy atom. The molecule has 3 atom stereocenters. The summed E-state index contributed by atoms with van der Waals surface area (Å²) >= 11 is 18.6. The summed E-state index contributed by atoms with van der Waals surface area (Å²) in [7, 11) is 0. The van der Waals surface area contributed by atoms with Crippen LogP contribution in [0.2, 0.25) is 15.1 Å². The summed E-state index contributed by atoms with van der Waals surface area (Å²) < 4.78 is 0. The van der Waals surface area contributed by atoms with Gasteiger partial charge in [0.15, 0.2) is 0 Å². The van der Waals surface area contributed by atoms with Crippen molar-refractivity contribution in [2.75, 3.05) is 5.32 Å². The van der Waals surface area contributed by atoms with Crippen molar-refractivity contribution in [2.45, 2.75) is 18.4 Å². The molecule has 1 aliphatic heterocycles. The van der Waals surface area contributed by atoms with E-state index in [1.54, 1.807) is 0 Å². The molecular formula is C18H14Cl3N. The highest BCUT2D eigenvalue weighted by molar-refractivity contribution is 6.35. The first-order valence-electron chi connectivity index (χ1n) is 7.31. The molecule has 1 nitrogen and oxygen atoms in total. The van der Waals surface area contributed by atoms with Crippen LogP contribution >= 0.6 is 34.8 Å². The lowest BCUT2D eigenvalue weighted by atomic mass is 9.77. The van der Waals surface area contributed by atoms with Crippen molar-refractivity contribution >= 4 is 40.5 Å². The highest BCUT2D eigenvalue weighted by atomic mass is 35.5. The number of halogens is 3. The van der Waals surface area contributed by atoms with Crippen LogP contribution in [0.4, 0.5) is 5.69 Å². The van der Waals surface area contributed by atoms with Gasteiger partial charge < -0.3 is 5.32 Å². The first kappa shape index (κ1) is 14.4. The van der Waals surface area contributed by atoms with Crippen LogP contribution in [-0.4, -0.2) is 0 Å². The molecule has 0 unspecified atom stereocenters. The SMILES string of the molecule is Clc1ccc([C@@H]2Nc3cc(Cl)cc(Cl)c3[C@H]3C=CC[C@@H]32)cc1. The summed E-state index contributed by atoms with van der Waals surface area (Å²) in [6.07, 6.45) is 5.57. The minimum absolute atomic E-state index is 0.235. The highest BCUT2D eigenvalue weighted by Gasteiger charge is 2.39. The molecule has 0 spiro atoms. The van der Waals surface area contributed by atoms with Gasteiger partial charge in [0.1, 0.15) is 0 Å². The number of allylic oxidation sites excluding steroid dienone is 2. The minimum Gasteiger partial charge on any atom is -0.378 e. The van der Waals surface area contributed by atoms with Gasteiger partial charge in [-0.05, 0) is 42.2 Å². The van der Waals surface area contributed by atoms with E-state index in [0.29, 0.717) is 16.9 Å². The van der Waals surface area contributed by atoms with Crippen LogP contribution in [0.15, 0.2) is 48.6 Å². The first-order chi connectivity index (χ1) is 10.6. The summed E-state index contributed by atoms with van der Waals surface area (Å²) in [6, 6.07) is 12.1. The lowest BCUT2D eigenvalue weighted by molar-refractivity contribution is 0.426. The molecular weight excluding hydrogens is 337 g/mol. The van der Waals surface area contributed by atoms with Crippen LogP contribution in [0.1, 0.15) is 29.5 Å². The number of benzene rings is 2. The maximum absolute atomic E-state index is 6.45. The molecule has 0 fully saturated rings. The smallest absolute Gasteiger partial charge is 0.0553 e. The summed E-state index contributed by atoms with van der Waals surface area (Å²) in [6.45, 7) is 0. The third kappa shape index (κ3) is 2.32. The predicted octanol–water partition coefficient (Wildman–Crippen LogP) is 6.47. The van der Waals surface area contributed by atoms with E-state index >= 15 is 0 Å². The monoisotopic (exact) mass is 349 g/mol. The number of hydrogen-bond donors (Lipinski definition) is 1. The average Bonchev–Trinajstić information content (AvgIpc) is 2.95. The Morgan fingerprint density at radius 1 is 0.955 bits per heavy atom. The van der Waals surface area contributed by atoms with Gasteiger partial charge in [-0.2, -0.15) is 0 Å². The Balaban J connectivity index is 1.82. The Labute approximate surface area is 144 Å². The zero-order chi connectivity index (χ0) is 15.3. The zero-order valence-corrected chi connectivity index (χ0v) is 14.0. The van der Waals surface area contributed by atoms with Crippen LogP contribution in [0.25, 0.3) is 0 Å². The molecule has 0 saturated carbocycles. The van der Waals surface area contributed by atoms with E-state index in [1.807, 2.05) is 24.3 Å². The molecule has 0 saturated heterocycles. The molecule has 2 aromatic rings. The van der Waals surface area contributed by atoms with Gasteiger partial charge in [0, 0.05) is 32.2 Å². The fourth-order valence-corrected chi connectivity index (χ4v) is 4.39. The van der Waals surface area contributed by atoms with Gasteiger partial charge in [-0.3, -0.25) is 0 Å². The van der Waals surface area contributed by atoms with Crippen molar-refractivity contribution in [2.24, 2.45) is 5.92 Å². The second kappa shape index (κ2) is 5.49. The minimum atomic E-state index is 0.235. The third-order valence-corrected chi connectivity index (χ3v) is 5.39. The van der Waals surface area contributed by atoms with Crippen LogP contribution in [0.5, 0.6) is 0 Å². The number of fused-ring (bicyclic) bond motifs is 3. The van der Waals surface area contributed by atoms with Gasteiger partial charge >= 0.3 is 0 Å². The van der Waals surface area contributed by atoms with Gasteiger partial charge in [0.2, 0.25) is 0 Å². The van der Waals surface area contributed by atoms with E-state index in [4.69, 9.17) is 34.8 Å². The molecule has 1 heterocycles. The first-order valence-corrected chi connectivity index (χ1v) is 8.44. The maximum atomic E-state index is 6.45. The van der Waals surface area contributed by atoms with Crippen LogP contribution in [0.3, 0.4) is 0 Å². The summed E-state index contributed by atoms with van der Waals surface area (Å²) in [5.74, 6) is 0.800. The fraction of sp³-hybridized carbons (Fsp3) is 0.222. The topological polar surface area (TPSA) is 12.0 Å². The van der Waals surface area contributed by atoms with E-state index in [1.165, 1.54) is 5.56 Å². The largest absolute Gasteiger partial charge is 0.378 e. The van der Waals surface area contributed by atoms with E-state index in [0.717, 1.165) is 27.7 Å². The highest BCUT2D eigenvalue weighted by Crippen LogP contribution is 2.52. The standard InChI is InChI=1S/C18H14Cl3N/c19-11-6-4-10(5-7-11)18-14-3-1-2-13(14)17-15(21)8-12(20)9-16(17)22-18/h1-2,4-9,13-14,18,22H,3H2/t13-,14-,18-/m0/s1. The van der Waals surface area contributed by atoms with E-state index in [2.05, 4.69) is 29.6 Å². The number of anilines is 1. The molecule has 2 aromatic carbocycles. The molecule has 112 valence electrons.